The van der Waals surface area contributed by atoms with Crippen molar-refractivity contribution in [2.45, 2.75) is 44.8 Å². The summed E-state index contributed by atoms with van der Waals surface area (Å²) in [7, 11) is 0. The maximum absolute atomic E-state index is 12.4. The molecule has 0 unspecified atom stereocenters. The van der Waals surface area contributed by atoms with Gasteiger partial charge in [0.25, 0.3) is 0 Å². The van der Waals surface area contributed by atoms with Gasteiger partial charge in [-0.1, -0.05) is 30.3 Å². The van der Waals surface area contributed by atoms with Crippen LogP contribution < -0.4 is 5.32 Å². The average molecular weight is 345 g/mol. The minimum Gasteiger partial charge on any atom is -0.393 e. The van der Waals surface area contributed by atoms with E-state index in [2.05, 4.69) is 40.5 Å². The lowest BCUT2D eigenvalue weighted by molar-refractivity contribution is 0.129. The molecule has 2 aliphatic rings. The van der Waals surface area contributed by atoms with Gasteiger partial charge in [0.15, 0.2) is 0 Å². The van der Waals surface area contributed by atoms with E-state index in [-0.39, 0.29) is 18.1 Å². The van der Waals surface area contributed by atoms with Gasteiger partial charge in [0.2, 0.25) is 0 Å². The van der Waals surface area contributed by atoms with Crippen LogP contribution in [0.2, 0.25) is 0 Å². The van der Waals surface area contributed by atoms with Crippen LogP contribution in [0.3, 0.4) is 0 Å². The molecule has 25 heavy (non-hydrogen) atoms. The zero-order valence-electron chi connectivity index (χ0n) is 15.2. The van der Waals surface area contributed by atoms with Gasteiger partial charge in [-0.2, -0.15) is 0 Å². The third-order valence-corrected chi connectivity index (χ3v) is 5.71. The summed E-state index contributed by atoms with van der Waals surface area (Å²) in [5, 5.41) is 12.8. The molecule has 2 fully saturated rings. The zero-order valence-corrected chi connectivity index (χ0v) is 15.2. The Morgan fingerprint density at radius 1 is 1.28 bits per heavy atom. The topological polar surface area (TPSA) is 55.8 Å². The Balaban J connectivity index is 1.42. The van der Waals surface area contributed by atoms with Gasteiger partial charge < -0.3 is 15.3 Å². The van der Waals surface area contributed by atoms with Crippen molar-refractivity contribution in [3.63, 3.8) is 0 Å². The number of carbonyl (C=O) groups excluding carboxylic acids is 1. The number of hydrogen-bond donors (Lipinski definition) is 2. The number of hydrogen-bond acceptors (Lipinski definition) is 3. The summed E-state index contributed by atoms with van der Waals surface area (Å²) in [5.41, 5.74) is 1.37. The molecule has 2 amide bonds. The molecular formula is C20H31N3O2. The van der Waals surface area contributed by atoms with Gasteiger partial charge in [-0.15, -0.1) is 0 Å². The van der Waals surface area contributed by atoms with Gasteiger partial charge in [0.1, 0.15) is 0 Å². The zero-order chi connectivity index (χ0) is 17.6. The Kier molecular flexibility index (Phi) is 6.32. The highest BCUT2D eigenvalue weighted by Crippen LogP contribution is 2.20. The molecule has 5 nitrogen and oxygen atoms in total. The highest BCUT2D eigenvalue weighted by Gasteiger charge is 2.30. The molecule has 0 bridgehead atoms. The fraction of sp³-hybridized carbons (Fsp3) is 0.650. The SMILES string of the molecule is C[C@H](O)[C@@H]1CCN(C(=O)NC[C@@H]2CCCN2CCc2ccccc2)C1. The molecule has 3 atom stereocenters. The number of nitrogens with one attached hydrogen (secondary N) is 1. The van der Waals surface area contributed by atoms with Crippen LogP contribution in [0.1, 0.15) is 31.7 Å². The second-order valence-corrected chi connectivity index (χ2v) is 7.49. The molecule has 1 aromatic carbocycles. The van der Waals surface area contributed by atoms with Crippen molar-refractivity contribution in [3.05, 3.63) is 35.9 Å². The van der Waals surface area contributed by atoms with E-state index < -0.39 is 0 Å². The molecule has 138 valence electrons. The molecule has 2 aliphatic heterocycles. The van der Waals surface area contributed by atoms with Crippen LogP contribution in [0.4, 0.5) is 4.79 Å². The van der Waals surface area contributed by atoms with Gasteiger partial charge in [-0.25, -0.2) is 4.79 Å². The first-order valence-corrected chi connectivity index (χ1v) is 9.62. The first-order valence-electron chi connectivity index (χ1n) is 9.62. The van der Waals surface area contributed by atoms with Crippen LogP contribution in [0.25, 0.3) is 0 Å². The first-order chi connectivity index (χ1) is 12.1. The van der Waals surface area contributed by atoms with Crippen LogP contribution in [0.15, 0.2) is 30.3 Å². The predicted molar refractivity (Wildman–Crippen MR) is 99.5 cm³/mol. The van der Waals surface area contributed by atoms with Gasteiger partial charge >= 0.3 is 6.03 Å². The Hall–Kier alpha value is -1.59. The Labute approximate surface area is 151 Å². The van der Waals surface area contributed by atoms with Gasteiger partial charge in [-0.05, 0) is 44.7 Å². The second-order valence-electron chi connectivity index (χ2n) is 7.49. The number of benzene rings is 1. The minimum atomic E-state index is -0.332. The highest BCUT2D eigenvalue weighted by atomic mass is 16.3. The molecule has 0 radical (unpaired) electrons. The summed E-state index contributed by atoms with van der Waals surface area (Å²) in [5.74, 6) is 0.222. The van der Waals surface area contributed by atoms with E-state index in [9.17, 15) is 9.90 Å². The van der Waals surface area contributed by atoms with Gasteiger partial charge in [0.05, 0.1) is 6.10 Å². The molecule has 5 heteroatoms. The Morgan fingerprint density at radius 2 is 2.08 bits per heavy atom. The van der Waals surface area contributed by atoms with Crippen LogP contribution in [0, 0.1) is 5.92 Å². The van der Waals surface area contributed by atoms with E-state index in [0.29, 0.717) is 12.6 Å². The minimum absolute atomic E-state index is 0.0260. The van der Waals surface area contributed by atoms with Crippen LogP contribution in [-0.2, 0) is 6.42 Å². The normalized spacial score (nSPS) is 25.3. The number of aliphatic hydroxyl groups is 1. The summed E-state index contributed by atoms with van der Waals surface area (Å²) in [4.78, 5) is 16.7. The summed E-state index contributed by atoms with van der Waals surface area (Å²) in [6.45, 7) is 6.15. The largest absolute Gasteiger partial charge is 0.393 e. The molecule has 2 N–H and O–H groups in total. The Morgan fingerprint density at radius 3 is 2.80 bits per heavy atom. The van der Waals surface area contributed by atoms with Crippen molar-refractivity contribution >= 4 is 6.03 Å². The van der Waals surface area contributed by atoms with E-state index in [4.69, 9.17) is 0 Å². The smallest absolute Gasteiger partial charge is 0.317 e. The standard InChI is InChI=1S/C20H31N3O2/c1-16(24)18-10-13-23(15-18)20(25)21-14-19-8-5-11-22(19)12-9-17-6-3-2-4-7-17/h2-4,6-7,16,18-19,24H,5,8-15H2,1H3,(H,21,25)/t16-,18+,19-/m0/s1. The molecule has 2 heterocycles. The van der Waals surface area contributed by atoms with Crippen molar-refractivity contribution < 1.29 is 9.90 Å². The second kappa shape index (κ2) is 8.68. The maximum Gasteiger partial charge on any atom is 0.317 e. The number of rotatable bonds is 6. The third kappa shape index (κ3) is 4.95. The number of nitrogens with zero attached hydrogens (tertiary/aromatic N) is 2. The number of amides is 2. The number of aliphatic hydroxyl groups excluding tert-OH is 1. The molecule has 3 rings (SSSR count). The maximum atomic E-state index is 12.4. The lowest BCUT2D eigenvalue weighted by Gasteiger charge is -2.26. The quantitative estimate of drug-likeness (QED) is 0.830. The van der Waals surface area contributed by atoms with Gasteiger partial charge in [-0.3, -0.25) is 4.90 Å². The predicted octanol–water partition coefficient (Wildman–Crippen LogP) is 2.11. The number of carbonyl (C=O) groups is 1. The molecule has 0 aromatic heterocycles. The van der Waals surface area contributed by atoms with E-state index >= 15 is 0 Å². The lowest BCUT2D eigenvalue weighted by Crippen LogP contribution is -2.45. The van der Waals surface area contributed by atoms with Crippen LogP contribution in [0.5, 0.6) is 0 Å². The summed E-state index contributed by atoms with van der Waals surface area (Å²) >= 11 is 0. The fourth-order valence-electron chi connectivity index (χ4n) is 4.02. The average Bonchev–Trinajstić information content (AvgIpc) is 3.28. The first kappa shape index (κ1) is 18.2. The summed E-state index contributed by atoms with van der Waals surface area (Å²) < 4.78 is 0. The lowest BCUT2D eigenvalue weighted by atomic mass is 10.0. The van der Waals surface area contributed by atoms with Gasteiger partial charge in [0, 0.05) is 38.1 Å². The van der Waals surface area contributed by atoms with Crippen LogP contribution in [-0.4, -0.2) is 65.8 Å². The van der Waals surface area contributed by atoms with Crippen molar-refractivity contribution in [1.82, 2.24) is 15.1 Å². The number of urea groups is 1. The monoisotopic (exact) mass is 345 g/mol. The summed E-state index contributed by atoms with van der Waals surface area (Å²) in [6.07, 6.45) is 4.00. The van der Waals surface area contributed by atoms with Crippen LogP contribution >= 0.6 is 0 Å². The molecule has 0 aliphatic carbocycles. The van der Waals surface area contributed by atoms with E-state index in [1.54, 1.807) is 0 Å². The molecule has 2 saturated heterocycles. The van der Waals surface area contributed by atoms with Crippen molar-refractivity contribution in [3.8, 4) is 0 Å². The van der Waals surface area contributed by atoms with Crippen molar-refractivity contribution in [1.29, 1.82) is 0 Å². The third-order valence-electron chi connectivity index (χ3n) is 5.71. The van der Waals surface area contributed by atoms with Crippen molar-refractivity contribution in [2.24, 2.45) is 5.92 Å². The molecule has 0 spiro atoms. The number of likely N-dealkylation sites (tertiary alicyclic amines) is 2. The van der Waals surface area contributed by atoms with E-state index in [0.717, 1.165) is 45.4 Å². The van der Waals surface area contributed by atoms with E-state index in [1.165, 1.54) is 12.0 Å². The van der Waals surface area contributed by atoms with E-state index in [1.807, 2.05) is 11.8 Å². The molecular weight excluding hydrogens is 314 g/mol. The highest BCUT2D eigenvalue weighted by molar-refractivity contribution is 5.74. The fourth-order valence-corrected chi connectivity index (χ4v) is 4.02. The molecule has 1 aromatic rings. The van der Waals surface area contributed by atoms with Crippen molar-refractivity contribution in [2.75, 3.05) is 32.7 Å². The summed E-state index contributed by atoms with van der Waals surface area (Å²) in [6, 6.07) is 11.1. The Bertz CT molecular complexity index is 549. The molecule has 0 saturated carbocycles.